The van der Waals surface area contributed by atoms with Gasteiger partial charge in [-0.1, -0.05) is 66.7 Å². The van der Waals surface area contributed by atoms with Crippen molar-refractivity contribution in [1.82, 2.24) is 0 Å². The van der Waals surface area contributed by atoms with E-state index in [2.05, 4.69) is 48.5 Å². The maximum absolute atomic E-state index is 11.3. The minimum Gasteiger partial charge on any atom is -0.298 e. The quantitative estimate of drug-likeness (QED) is 0.609. The smallest absolute Gasteiger partial charge is 0.150 e. The summed E-state index contributed by atoms with van der Waals surface area (Å²) < 4.78 is 0. The van der Waals surface area contributed by atoms with Crippen LogP contribution in [0, 0.1) is 0 Å². The zero-order valence-electron chi connectivity index (χ0n) is 12.0. The van der Waals surface area contributed by atoms with Crippen molar-refractivity contribution in [3.8, 4) is 11.1 Å². The van der Waals surface area contributed by atoms with Crippen molar-refractivity contribution in [3.05, 3.63) is 89.5 Å². The molecule has 0 amide bonds. The van der Waals surface area contributed by atoms with Crippen LogP contribution < -0.4 is 0 Å². The molecule has 1 nitrogen and oxygen atoms in total. The summed E-state index contributed by atoms with van der Waals surface area (Å²) in [6, 6.07) is 22.7. The molecule has 0 spiro atoms. The molecule has 4 rings (SSSR count). The summed E-state index contributed by atoms with van der Waals surface area (Å²) >= 11 is 0. The second-order valence-electron chi connectivity index (χ2n) is 5.43. The van der Waals surface area contributed by atoms with Crippen molar-refractivity contribution in [3.63, 3.8) is 0 Å². The topological polar surface area (TPSA) is 17.1 Å². The van der Waals surface area contributed by atoms with Crippen LogP contribution in [-0.2, 0) is 4.79 Å². The zero-order valence-corrected chi connectivity index (χ0v) is 12.0. The number of hydrogen-bond acceptors (Lipinski definition) is 1. The first kappa shape index (κ1) is 12.8. The molecule has 104 valence electrons. The van der Waals surface area contributed by atoms with Gasteiger partial charge in [0.15, 0.2) is 6.29 Å². The van der Waals surface area contributed by atoms with Crippen molar-refractivity contribution in [2.24, 2.45) is 0 Å². The Labute approximate surface area is 129 Å². The summed E-state index contributed by atoms with van der Waals surface area (Å²) in [6.45, 7) is 0. The Morgan fingerprint density at radius 1 is 0.682 bits per heavy atom. The Kier molecular flexibility index (Phi) is 2.97. The van der Waals surface area contributed by atoms with Crippen LogP contribution in [0.2, 0.25) is 0 Å². The highest BCUT2D eigenvalue weighted by molar-refractivity contribution is 6.18. The summed E-state index contributed by atoms with van der Waals surface area (Å²) in [5.74, 6) is 0. The molecule has 0 N–H and O–H groups in total. The van der Waals surface area contributed by atoms with E-state index in [1.807, 2.05) is 30.3 Å². The molecule has 0 saturated carbocycles. The number of aldehydes is 1. The van der Waals surface area contributed by atoms with E-state index < -0.39 is 0 Å². The van der Waals surface area contributed by atoms with E-state index >= 15 is 0 Å². The Hall–Kier alpha value is -2.93. The van der Waals surface area contributed by atoms with E-state index in [1.165, 1.54) is 16.7 Å². The van der Waals surface area contributed by atoms with E-state index in [1.54, 1.807) is 0 Å². The first-order chi connectivity index (χ1) is 10.9. The van der Waals surface area contributed by atoms with Crippen molar-refractivity contribution in [2.45, 2.75) is 0 Å². The SMILES string of the molecule is O=CC1=C/C(=C\c2ccc3cccccc2-3)c2ccccc21. The zero-order chi connectivity index (χ0) is 14.9. The highest BCUT2D eigenvalue weighted by Crippen LogP contribution is 2.37. The highest BCUT2D eigenvalue weighted by Gasteiger charge is 2.17. The fourth-order valence-electron chi connectivity index (χ4n) is 3.06. The van der Waals surface area contributed by atoms with Gasteiger partial charge in [0.2, 0.25) is 0 Å². The maximum atomic E-state index is 11.3. The number of allylic oxidation sites excluding steroid dienone is 3. The Bertz CT molecular complexity index is 899. The van der Waals surface area contributed by atoms with Crippen molar-refractivity contribution in [1.29, 1.82) is 0 Å². The number of carbonyl (C=O) groups excluding carboxylic acids is 1. The summed E-state index contributed by atoms with van der Waals surface area (Å²) in [7, 11) is 0. The molecule has 3 aliphatic rings. The lowest BCUT2D eigenvalue weighted by molar-refractivity contribution is -0.103. The van der Waals surface area contributed by atoms with E-state index in [9.17, 15) is 4.79 Å². The largest absolute Gasteiger partial charge is 0.298 e. The summed E-state index contributed by atoms with van der Waals surface area (Å²) in [5, 5.41) is 0. The van der Waals surface area contributed by atoms with E-state index in [0.717, 1.165) is 28.6 Å². The average Bonchev–Trinajstić information content (AvgIpc) is 3.01. The lowest BCUT2D eigenvalue weighted by Gasteiger charge is -2.02. The molecule has 1 aromatic rings. The highest BCUT2D eigenvalue weighted by atomic mass is 16.1. The summed E-state index contributed by atoms with van der Waals surface area (Å²) in [4.78, 5) is 11.3. The van der Waals surface area contributed by atoms with E-state index in [-0.39, 0.29) is 0 Å². The van der Waals surface area contributed by atoms with Crippen LogP contribution in [0.3, 0.4) is 0 Å². The number of fused-ring (bicyclic) bond motifs is 2. The molecule has 0 radical (unpaired) electrons. The van der Waals surface area contributed by atoms with E-state index in [4.69, 9.17) is 0 Å². The van der Waals surface area contributed by atoms with E-state index in [0.29, 0.717) is 0 Å². The molecular formula is C21H14O. The molecule has 0 bridgehead atoms. The van der Waals surface area contributed by atoms with Gasteiger partial charge in [0.05, 0.1) is 0 Å². The third-order valence-corrected chi connectivity index (χ3v) is 4.12. The standard InChI is InChI=1S/C21H14O/c22-14-18-13-17(20-8-4-5-9-21(18)20)12-16-11-10-15-6-2-1-3-7-19(15)16/h1-14H/b17-12+. The van der Waals surface area contributed by atoms with Gasteiger partial charge >= 0.3 is 0 Å². The lowest BCUT2D eigenvalue weighted by Crippen LogP contribution is -1.83. The fraction of sp³-hybridized carbons (Fsp3) is 0. The Morgan fingerprint density at radius 3 is 2.27 bits per heavy atom. The minimum atomic E-state index is 0.753. The van der Waals surface area contributed by atoms with Crippen molar-refractivity contribution >= 4 is 23.5 Å². The third-order valence-electron chi connectivity index (χ3n) is 4.12. The average molecular weight is 282 g/mol. The fourth-order valence-corrected chi connectivity index (χ4v) is 3.06. The number of carbonyl (C=O) groups is 1. The third kappa shape index (κ3) is 1.99. The van der Waals surface area contributed by atoms with Crippen LogP contribution in [0.15, 0.2) is 72.8 Å². The predicted octanol–water partition coefficient (Wildman–Crippen LogP) is 4.93. The monoisotopic (exact) mass is 282 g/mol. The van der Waals surface area contributed by atoms with Crippen LogP contribution in [0.1, 0.15) is 16.7 Å². The van der Waals surface area contributed by atoms with Crippen LogP contribution in [-0.4, -0.2) is 6.29 Å². The van der Waals surface area contributed by atoms with Gasteiger partial charge in [-0.25, -0.2) is 0 Å². The molecule has 22 heavy (non-hydrogen) atoms. The molecular weight excluding hydrogens is 268 g/mol. The molecule has 1 aromatic carbocycles. The molecule has 1 heteroatoms. The number of benzene rings is 1. The molecule has 0 atom stereocenters. The van der Waals surface area contributed by atoms with Crippen molar-refractivity contribution < 1.29 is 4.79 Å². The Morgan fingerprint density at radius 2 is 1.41 bits per heavy atom. The number of hydrogen-bond donors (Lipinski definition) is 0. The van der Waals surface area contributed by atoms with Gasteiger partial charge < -0.3 is 0 Å². The molecule has 0 saturated heterocycles. The predicted molar refractivity (Wildman–Crippen MR) is 91.4 cm³/mol. The normalized spacial score (nSPS) is 14.9. The Balaban J connectivity index is 1.88. The van der Waals surface area contributed by atoms with Gasteiger partial charge in [-0.15, -0.1) is 0 Å². The van der Waals surface area contributed by atoms with Gasteiger partial charge in [-0.05, 0) is 45.5 Å². The van der Waals surface area contributed by atoms with Crippen LogP contribution in [0.5, 0.6) is 0 Å². The molecule has 0 fully saturated rings. The van der Waals surface area contributed by atoms with Gasteiger partial charge in [0.1, 0.15) is 0 Å². The second kappa shape index (κ2) is 5.12. The van der Waals surface area contributed by atoms with Gasteiger partial charge in [0.25, 0.3) is 0 Å². The second-order valence-corrected chi connectivity index (χ2v) is 5.43. The number of rotatable bonds is 2. The van der Waals surface area contributed by atoms with Gasteiger partial charge in [-0.3, -0.25) is 4.79 Å². The molecule has 0 aromatic heterocycles. The summed E-state index contributed by atoms with van der Waals surface area (Å²) in [6.07, 6.45) is 5.07. The molecule has 0 heterocycles. The summed E-state index contributed by atoms with van der Waals surface area (Å²) in [5.41, 5.74) is 7.62. The molecule has 0 aliphatic heterocycles. The van der Waals surface area contributed by atoms with Crippen LogP contribution in [0.25, 0.3) is 28.3 Å². The first-order valence-corrected chi connectivity index (χ1v) is 7.33. The van der Waals surface area contributed by atoms with Crippen molar-refractivity contribution in [2.75, 3.05) is 0 Å². The van der Waals surface area contributed by atoms with Gasteiger partial charge in [-0.2, -0.15) is 0 Å². The molecule has 0 unspecified atom stereocenters. The maximum Gasteiger partial charge on any atom is 0.150 e. The lowest BCUT2D eigenvalue weighted by atomic mass is 10.0. The molecule has 3 aliphatic carbocycles. The first-order valence-electron chi connectivity index (χ1n) is 7.33. The minimum absolute atomic E-state index is 0.753. The van der Waals surface area contributed by atoms with Crippen LogP contribution >= 0.6 is 0 Å². The van der Waals surface area contributed by atoms with Gasteiger partial charge in [0, 0.05) is 5.57 Å². The van der Waals surface area contributed by atoms with Crippen LogP contribution in [0.4, 0.5) is 0 Å².